The average molecular weight is 357 g/mol. The molecule has 3 aromatic rings. The van der Waals surface area contributed by atoms with Crippen molar-refractivity contribution in [2.45, 2.75) is 18.2 Å². The van der Waals surface area contributed by atoms with E-state index in [0.717, 1.165) is 22.5 Å². The summed E-state index contributed by atoms with van der Waals surface area (Å²) in [5.41, 5.74) is 2.04. The third-order valence-corrected chi connectivity index (χ3v) is 5.42. The zero-order chi connectivity index (χ0) is 18.0. The second-order valence-electron chi connectivity index (χ2n) is 6.87. The minimum absolute atomic E-state index is 0.105. The van der Waals surface area contributed by atoms with Crippen molar-refractivity contribution in [3.05, 3.63) is 83.8 Å². The molecule has 2 atom stereocenters. The summed E-state index contributed by atoms with van der Waals surface area (Å²) in [6.07, 6.45) is 2.28. The van der Waals surface area contributed by atoms with Gasteiger partial charge in [0.1, 0.15) is 17.2 Å². The molecule has 1 N–H and O–H groups in total. The first-order chi connectivity index (χ1) is 13.3. The van der Waals surface area contributed by atoms with E-state index < -0.39 is 5.72 Å². The Hall–Kier alpha value is -3.54. The zero-order valence-corrected chi connectivity index (χ0v) is 14.3. The maximum atomic E-state index is 13.2. The van der Waals surface area contributed by atoms with Gasteiger partial charge in [0.15, 0.2) is 0 Å². The number of hydrogen-bond acceptors (Lipinski definition) is 5. The fraction of sp³-hybridized carbons (Fsp3) is 0.143. The molecule has 0 fully saturated rings. The molecular formula is C21H15N3O3. The van der Waals surface area contributed by atoms with E-state index in [1.807, 2.05) is 60.7 Å². The van der Waals surface area contributed by atoms with Crippen LogP contribution >= 0.6 is 0 Å². The van der Waals surface area contributed by atoms with Crippen molar-refractivity contribution in [1.29, 1.82) is 0 Å². The number of benzene rings is 2. The predicted molar refractivity (Wildman–Crippen MR) is 98.3 cm³/mol. The summed E-state index contributed by atoms with van der Waals surface area (Å²) < 4.78 is 11.9. The predicted octanol–water partition coefficient (Wildman–Crippen LogP) is 3.63. The third-order valence-electron chi connectivity index (χ3n) is 5.42. The van der Waals surface area contributed by atoms with Crippen molar-refractivity contribution < 1.29 is 13.9 Å². The van der Waals surface area contributed by atoms with Gasteiger partial charge in [-0.1, -0.05) is 36.4 Å². The van der Waals surface area contributed by atoms with Gasteiger partial charge in [0.2, 0.25) is 0 Å². The molecule has 2 aromatic carbocycles. The SMILES string of the molecule is O=C1Nc2ccccc2[C@]12Oc1ccccc1[C@H]1CC(c3ccco3)=NN12. The number of para-hydroxylation sites is 2. The van der Waals surface area contributed by atoms with Crippen molar-refractivity contribution >= 4 is 17.3 Å². The van der Waals surface area contributed by atoms with Crippen LogP contribution in [-0.4, -0.2) is 16.6 Å². The molecule has 27 heavy (non-hydrogen) atoms. The summed E-state index contributed by atoms with van der Waals surface area (Å²) in [7, 11) is 0. The van der Waals surface area contributed by atoms with Crippen LogP contribution in [0.1, 0.15) is 29.3 Å². The van der Waals surface area contributed by atoms with Gasteiger partial charge in [-0.2, -0.15) is 5.10 Å². The smallest absolute Gasteiger partial charge is 0.306 e. The molecule has 3 aliphatic heterocycles. The Kier molecular flexibility index (Phi) is 2.71. The van der Waals surface area contributed by atoms with Crippen molar-refractivity contribution in [1.82, 2.24) is 5.01 Å². The highest BCUT2D eigenvalue weighted by atomic mass is 16.5. The molecule has 0 unspecified atom stereocenters. The number of anilines is 1. The van der Waals surface area contributed by atoms with E-state index in [0.29, 0.717) is 17.9 Å². The Morgan fingerprint density at radius 3 is 2.81 bits per heavy atom. The van der Waals surface area contributed by atoms with Gasteiger partial charge >= 0.3 is 5.72 Å². The van der Waals surface area contributed by atoms with E-state index in [2.05, 4.69) is 5.32 Å². The monoisotopic (exact) mass is 357 g/mol. The Morgan fingerprint density at radius 2 is 1.93 bits per heavy atom. The van der Waals surface area contributed by atoms with E-state index >= 15 is 0 Å². The molecule has 3 aliphatic rings. The molecule has 6 heteroatoms. The first-order valence-electron chi connectivity index (χ1n) is 8.87. The second kappa shape index (κ2) is 5.01. The average Bonchev–Trinajstić information content (AvgIpc) is 3.41. The lowest BCUT2D eigenvalue weighted by atomic mass is 9.93. The van der Waals surface area contributed by atoms with E-state index in [-0.39, 0.29) is 11.9 Å². The fourth-order valence-corrected chi connectivity index (χ4v) is 4.23. The van der Waals surface area contributed by atoms with Gasteiger partial charge in [0.25, 0.3) is 5.91 Å². The molecule has 6 rings (SSSR count). The highest BCUT2D eigenvalue weighted by Gasteiger charge is 2.60. The third kappa shape index (κ3) is 1.79. The van der Waals surface area contributed by atoms with Crippen LogP contribution in [0.25, 0.3) is 0 Å². The number of nitrogens with one attached hydrogen (secondary N) is 1. The summed E-state index contributed by atoms with van der Waals surface area (Å²) in [6, 6.07) is 19.1. The summed E-state index contributed by atoms with van der Waals surface area (Å²) >= 11 is 0. The number of ether oxygens (including phenoxy) is 1. The number of hydrazone groups is 1. The van der Waals surface area contributed by atoms with Crippen molar-refractivity contribution in [3.8, 4) is 5.75 Å². The fourth-order valence-electron chi connectivity index (χ4n) is 4.23. The summed E-state index contributed by atoms with van der Waals surface area (Å²) in [5.74, 6) is 1.19. The number of fused-ring (bicyclic) bond motifs is 6. The molecule has 1 spiro atoms. The normalized spacial score (nSPS) is 24.7. The van der Waals surface area contributed by atoms with Gasteiger partial charge < -0.3 is 14.5 Å². The maximum Gasteiger partial charge on any atom is 0.306 e. The van der Waals surface area contributed by atoms with E-state index in [9.17, 15) is 4.79 Å². The lowest BCUT2D eigenvalue weighted by molar-refractivity contribution is -0.161. The Morgan fingerprint density at radius 1 is 1.07 bits per heavy atom. The van der Waals surface area contributed by atoms with Crippen LogP contribution in [0.4, 0.5) is 5.69 Å². The van der Waals surface area contributed by atoms with Crippen LogP contribution in [-0.2, 0) is 10.5 Å². The molecule has 1 amide bonds. The van der Waals surface area contributed by atoms with Gasteiger partial charge in [-0.3, -0.25) is 4.79 Å². The first kappa shape index (κ1) is 14.6. The van der Waals surface area contributed by atoms with Gasteiger partial charge in [-0.05, 0) is 24.3 Å². The number of furan rings is 1. The number of hydrogen-bond donors (Lipinski definition) is 1. The Balaban J connectivity index is 1.60. The molecule has 0 bridgehead atoms. The van der Waals surface area contributed by atoms with Crippen LogP contribution in [0.5, 0.6) is 5.75 Å². The molecule has 0 radical (unpaired) electrons. The van der Waals surface area contributed by atoms with Crippen LogP contribution in [0, 0.1) is 0 Å². The van der Waals surface area contributed by atoms with Gasteiger partial charge in [-0.15, -0.1) is 0 Å². The quantitative estimate of drug-likeness (QED) is 0.722. The molecular weight excluding hydrogens is 342 g/mol. The Bertz CT molecular complexity index is 1110. The van der Waals surface area contributed by atoms with E-state index in [1.165, 1.54) is 0 Å². The molecule has 0 saturated heterocycles. The molecule has 6 nitrogen and oxygen atoms in total. The lowest BCUT2D eigenvalue weighted by Gasteiger charge is -2.43. The highest BCUT2D eigenvalue weighted by molar-refractivity contribution is 6.06. The van der Waals surface area contributed by atoms with Gasteiger partial charge in [-0.25, -0.2) is 5.01 Å². The van der Waals surface area contributed by atoms with E-state index in [4.69, 9.17) is 14.3 Å². The highest BCUT2D eigenvalue weighted by Crippen LogP contribution is 2.53. The minimum Gasteiger partial charge on any atom is -0.463 e. The number of nitrogens with zero attached hydrogens (tertiary/aromatic N) is 2. The summed E-state index contributed by atoms with van der Waals surface area (Å²) in [4.78, 5) is 13.2. The van der Waals surface area contributed by atoms with Gasteiger partial charge in [0, 0.05) is 12.0 Å². The van der Waals surface area contributed by atoms with Crippen molar-refractivity contribution in [3.63, 3.8) is 0 Å². The van der Waals surface area contributed by atoms with Gasteiger partial charge in [0.05, 0.1) is 23.6 Å². The molecule has 0 saturated carbocycles. The molecule has 4 heterocycles. The summed E-state index contributed by atoms with van der Waals surface area (Å²) in [6.45, 7) is 0. The minimum atomic E-state index is -1.32. The molecule has 0 aliphatic carbocycles. The van der Waals surface area contributed by atoms with E-state index in [1.54, 1.807) is 11.3 Å². The van der Waals surface area contributed by atoms with Crippen molar-refractivity contribution in [2.75, 3.05) is 5.32 Å². The van der Waals surface area contributed by atoms with Crippen LogP contribution in [0.15, 0.2) is 76.4 Å². The lowest BCUT2D eigenvalue weighted by Crippen LogP contribution is -2.55. The van der Waals surface area contributed by atoms with Crippen LogP contribution in [0.2, 0.25) is 0 Å². The molecule has 132 valence electrons. The number of carbonyl (C=O) groups is 1. The van der Waals surface area contributed by atoms with Crippen LogP contribution < -0.4 is 10.1 Å². The maximum absolute atomic E-state index is 13.2. The summed E-state index contributed by atoms with van der Waals surface area (Å²) in [5, 5.41) is 9.56. The largest absolute Gasteiger partial charge is 0.463 e. The first-order valence-corrected chi connectivity index (χ1v) is 8.87. The number of carbonyl (C=O) groups excluding carboxylic acids is 1. The molecule has 1 aromatic heterocycles. The van der Waals surface area contributed by atoms with Crippen molar-refractivity contribution in [2.24, 2.45) is 5.10 Å². The topological polar surface area (TPSA) is 67.1 Å². The number of rotatable bonds is 1. The second-order valence-corrected chi connectivity index (χ2v) is 6.87. The zero-order valence-electron chi connectivity index (χ0n) is 14.3. The standard InChI is InChI=1S/C21H15N3O3/c25-20-21(14-7-2-3-8-15(14)22-20)24-17(13-6-1-4-9-18(13)27-21)12-16(23-24)19-10-5-11-26-19/h1-11,17H,12H2,(H,22,25)/t17-,21+/m1/s1. The Labute approximate surface area is 155 Å². The van der Waals surface area contributed by atoms with Crippen LogP contribution in [0.3, 0.4) is 0 Å². The number of amides is 1.